The van der Waals surface area contributed by atoms with Crippen LogP contribution in [0.5, 0.6) is 0 Å². The van der Waals surface area contributed by atoms with Crippen molar-refractivity contribution in [2.45, 2.75) is 46.8 Å². The number of rotatable bonds is 20. The number of carbonyl (C=O) groups is 7. The molecule has 51 heavy (non-hydrogen) atoms. The quantitative estimate of drug-likeness (QED) is 0.0701. The van der Waals surface area contributed by atoms with Gasteiger partial charge in [-0.05, 0) is 34.6 Å². The molecule has 0 aromatic carbocycles. The molecule has 286 valence electrons. The molecular weight excluding hydrogens is 678 g/mol. The van der Waals surface area contributed by atoms with Crippen LogP contribution in [0, 0.1) is 0 Å². The van der Waals surface area contributed by atoms with Crippen molar-refractivity contribution in [2.75, 3.05) is 52.8 Å². The fourth-order valence-corrected chi connectivity index (χ4v) is 2.08. The minimum Gasteiger partial charge on any atom is -0.460 e. The van der Waals surface area contributed by atoms with E-state index in [-0.39, 0.29) is 80.7 Å². The van der Waals surface area contributed by atoms with Crippen molar-refractivity contribution in [3.63, 3.8) is 0 Å². The molecule has 0 aliphatic heterocycles. The molecule has 0 aromatic rings. The van der Waals surface area contributed by atoms with Crippen LogP contribution in [0.25, 0.3) is 0 Å². The molecule has 0 rings (SSSR count). The van der Waals surface area contributed by atoms with E-state index >= 15 is 0 Å². The number of alkyl carbamates (subject to hydrolysis) is 1. The van der Waals surface area contributed by atoms with Gasteiger partial charge in [0.1, 0.15) is 58.5 Å². The lowest BCUT2D eigenvalue weighted by Crippen LogP contribution is -2.29. The lowest BCUT2D eigenvalue weighted by molar-refractivity contribution is -0.148. The highest BCUT2D eigenvalue weighted by Gasteiger charge is 2.13. The molecule has 0 saturated heterocycles. The van der Waals surface area contributed by atoms with E-state index in [4.69, 9.17) is 14.2 Å². The predicted octanol–water partition coefficient (Wildman–Crippen LogP) is 1.73. The second-order valence-corrected chi connectivity index (χ2v) is 10.2. The molecule has 0 saturated carbocycles. The van der Waals surface area contributed by atoms with Crippen molar-refractivity contribution in [1.82, 2.24) is 5.32 Å². The number of esters is 6. The third-order valence-corrected chi connectivity index (χ3v) is 4.70. The normalized spacial score (nSPS) is 10.0. The van der Waals surface area contributed by atoms with Crippen LogP contribution in [0.1, 0.15) is 34.6 Å². The van der Waals surface area contributed by atoms with E-state index in [1.807, 2.05) is 0 Å². The Balaban J connectivity index is -0.000000687. The number of amides is 1. The van der Waals surface area contributed by atoms with E-state index in [0.29, 0.717) is 0 Å². The van der Waals surface area contributed by atoms with Crippen LogP contribution in [0.4, 0.5) is 4.79 Å². The zero-order valence-corrected chi connectivity index (χ0v) is 29.7. The smallest absolute Gasteiger partial charge is 0.407 e. The van der Waals surface area contributed by atoms with Gasteiger partial charge in [0.25, 0.3) is 0 Å². The Kier molecular flexibility index (Phi) is 28.7. The highest BCUT2D eigenvalue weighted by molar-refractivity contribution is 5.88. The first kappa shape index (κ1) is 49.8. The minimum atomic E-state index is -1.05. The summed E-state index contributed by atoms with van der Waals surface area (Å²) in [4.78, 5) is 76.5. The third-order valence-electron chi connectivity index (χ3n) is 4.70. The Morgan fingerprint density at radius 1 is 0.510 bits per heavy atom. The second-order valence-electron chi connectivity index (χ2n) is 10.2. The van der Waals surface area contributed by atoms with Gasteiger partial charge in [-0.15, -0.1) is 0 Å². The maximum Gasteiger partial charge on any atom is 0.407 e. The van der Waals surface area contributed by atoms with Gasteiger partial charge >= 0.3 is 41.9 Å². The van der Waals surface area contributed by atoms with Gasteiger partial charge in [-0.25, -0.2) is 33.6 Å². The van der Waals surface area contributed by atoms with Crippen LogP contribution in [0.2, 0.25) is 0 Å². The van der Waals surface area contributed by atoms with E-state index in [0.717, 1.165) is 6.08 Å². The van der Waals surface area contributed by atoms with Gasteiger partial charge in [0.05, 0.1) is 6.54 Å². The van der Waals surface area contributed by atoms with Crippen molar-refractivity contribution in [1.29, 1.82) is 0 Å². The number of aliphatic hydroxyl groups excluding tert-OH is 2. The fraction of sp³-hybridized carbons (Fsp3) is 0.441. The molecule has 1 unspecified atom stereocenters. The third kappa shape index (κ3) is 31.5. The molecule has 0 aliphatic rings. The maximum absolute atomic E-state index is 11.2. The SMILES string of the molecule is C=C(C)C(=O)OCC(O)COC(=O)C(=C)C.C=C(C)C(=O)OCCNC(=O)OCCOC(=O)C(=C)C.C=CC(=O)OCC(O)COC(=O)C(=C)C. The molecule has 17 nitrogen and oxygen atoms in total. The standard InChI is InChI=1S/C13H19NO6.C11H16O5.C10H14O5/c1-9(2)11(15)18-6-5-14-13(17)20-8-7-19-12(16)10(3)4;1-7(2)10(13)15-5-9(12)6-16-11(14)8(3)4;1-4-9(12)14-5-8(11)6-15-10(13)7(2)3/h1,3,5-8H2,2,4H3,(H,14,17);9,12H,1,3,5-6H2,2,4H3;4,8,11H,1-2,5-6H2,3H3. The minimum absolute atomic E-state index is 0.0193. The summed E-state index contributed by atoms with van der Waals surface area (Å²) in [5.74, 6) is -3.48. The summed E-state index contributed by atoms with van der Waals surface area (Å²) in [5, 5.41) is 20.9. The van der Waals surface area contributed by atoms with Gasteiger partial charge in [-0.1, -0.05) is 39.5 Å². The van der Waals surface area contributed by atoms with E-state index in [2.05, 4.69) is 63.7 Å². The van der Waals surface area contributed by atoms with Gasteiger partial charge in [0, 0.05) is 33.9 Å². The number of hydrogen-bond acceptors (Lipinski definition) is 16. The number of hydrogen-bond donors (Lipinski definition) is 3. The van der Waals surface area contributed by atoms with Gasteiger partial charge < -0.3 is 48.7 Å². The van der Waals surface area contributed by atoms with Gasteiger partial charge in [-0.2, -0.15) is 0 Å². The summed E-state index contributed by atoms with van der Waals surface area (Å²) in [5.41, 5.74) is 1.28. The summed E-state index contributed by atoms with van der Waals surface area (Å²) < 4.78 is 32.6. The molecule has 0 spiro atoms. The summed E-state index contributed by atoms with van der Waals surface area (Å²) >= 11 is 0. The number of carbonyl (C=O) groups excluding carboxylic acids is 7. The Morgan fingerprint density at radius 2 is 0.804 bits per heavy atom. The van der Waals surface area contributed by atoms with E-state index in [9.17, 15) is 43.8 Å². The van der Waals surface area contributed by atoms with E-state index < -0.39 is 54.1 Å². The summed E-state index contributed by atoms with van der Waals surface area (Å²) in [6.45, 7) is 26.7. The molecule has 0 radical (unpaired) electrons. The zero-order chi connectivity index (χ0) is 40.1. The molecule has 0 fully saturated rings. The van der Waals surface area contributed by atoms with Gasteiger partial charge in [0.2, 0.25) is 0 Å². The number of ether oxygens (including phenoxy) is 7. The van der Waals surface area contributed by atoms with Crippen molar-refractivity contribution < 1.29 is 76.9 Å². The van der Waals surface area contributed by atoms with Crippen LogP contribution in [0.15, 0.2) is 73.4 Å². The van der Waals surface area contributed by atoms with Crippen molar-refractivity contribution in [3.8, 4) is 0 Å². The first-order valence-electron chi connectivity index (χ1n) is 14.8. The molecule has 0 aromatic heterocycles. The van der Waals surface area contributed by atoms with Crippen LogP contribution in [0.3, 0.4) is 0 Å². The van der Waals surface area contributed by atoms with Crippen LogP contribution in [-0.2, 0) is 61.9 Å². The average molecular weight is 728 g/mol. The van der Waals surface area contributed by atoms with Crippen molar-refractivity contribution in [2.24, 2.45) is 0 Å². The molecule has 0 heterocycles. The molecule has 0 aliphatic carbocycles. The zero-order valence-electron chi connectivity index (χ0n) is 29.7. The number of aliphatic hydroxyl groups is 2. The molecule has 1 atom stereocenters. The van der Waals surface area contributed by atoms with Crippen LogP contribution >= 0.6 is 0 Å². The Hall–Kier alpha value is -5.55. The second kappa shape index (κ2) is 29.4. The Morgan fingerprint density at radius 3 is 1.14 bits per heavy atom. The number of nitrogens with one attached hydrogen (secondary N) is 1. The highest BCUT2D eigenvalue weighted by Crippen LogP contribution is 1.98. The largest absolute Gasteiger partial charge is 0.460 e. The van der Waals surface area contributed by atoms with E-state index in [1.54, 1.807) is 0 Å². The van der Waals surface area contributed by atoms with Crippen molar-refractivity contribution >= 4 is 41.9 Å². The Labute approximate surface area is 297 Å². The maximum atomic E-state index is 11.2. The molecule has 0 bridgehead atoms. The average Bonchev–Trinajstić information content (AvgIpc) is 3.07. The summed E-state index contributed by atoms with van der Waals surface area (Å²) in [6, 6.07) is 0. The summed E-state index contributed by atoms with van der Waals surface area (Å²) in [6.07, 6.45) is -1.81. The lowest BCUT2D eigenvalue weighted by Gasteiger charge is -2.11. The lowest BCUT2D eigenvalue weighted by atomic mass is 10.3. The van der Waals surface area contributed by atoms with E-state index in [1.165, 1.54) is 34.6 Å². The first-order valence-corrected chi connectivity index (χ1v) is 14.8. The Bertz CT molecular complexity index is 1220. The molecule has 3 N–H and O–H groups in total. The predicted molar refractivity (Wildman–Crippen MR) is 181 cm³/mol. The molecule has 17 heteroatoms. The molecular formula is C34H49NO16. The van der Waals surface area contributed by atoms with Gasteiger partial charge in [-0.3, -0.25) is 0 Å². The topological polar surface area (TPSA) is 237 Å². The van der Waals surface area contributed by atoms with Crippen LogP contribution in [-0.4, -0.2) is 117 Å². The van der Waals surface area contributed by atoms with Crippen LogP contribution < -0.4 is 5.32 Å². The van der Waals surface area contributed by atoms with Gasteiger partial charge in [0.15, 0.2) is 0 Å². The monoisotopic (exact) mass is 727 g/mol. The summed E-state index contributed by atoms with van der Waals surface area (Å²) in [7, 11) is 0. The molecule has 1 amide bonds. The fourth-order valence-electron chi connectivity index (χ4n) is 2.08. The highest BCUT2D eigenvalue weighted by atomic mass is 16.6. The first-order chi connectivity index (χ1) is 23.7. The van der Waals surface area contributed by atoms with Crippen molar-refractivity contribution in [3.05, 3.63) is 73.4 Å².